The average molecular weight is 488 g/mol. The first-order valence-corrected chi connectivity index (χ1v) is 12.3. The summed E-state index contributed by atoms with van der Waals surface area (Å²) in [5, 5.41) is 4.46. The standard InChI is InChI=1S/C27H29N5O4/c1-18-14-19(2)32(28-18)13-12-31-26(33)21-4-3-5-22(25(21)27(31)34)30-10-8-29(9-11-30)16-20-6-7-23-24(15-20)36-17-35-23/h3-7,14-15H,8-13,16-17H2,1-2H3. The van der Waals surface area contributed by atoms with Gasteiger partial charge in [0.05, 0.1) is 29.1 Å². The highest BCUT2D eigenvalue weighted by Crippen LogP contribution is 2.34. The SMILES string of the molecule is Cc1cc(C)n(CCN2C(=O)c3cccc(N4CCN(Cc5ccc6c(c5)OCO6)CC4)c3C2=O)n1. The van der Waals surface area contributed by atoms with Crippen molar-refractivity contribution >= 4 is 17.5 Å². The molecule has 0 aliphatic carbocycles. The maximum atomic E-state index is 13.4. The third-order valence-electron chi connectivity index (χ3n) is 7.17. The summed E-state index contributed by atoms with van der Waals surface area (Å²) in [6, 6.07) is 13.7. The zero-order valence-corrected chi connectivity index (χ0v) is 20.6. The number of rotatable bonds is 6. The van der Waals surface area contributed by atoms with Gasteiger partial charge in [0, 0.05) is 45.0 Å². The molecule has 1 aromatic heterocycles. The largest absolute Gasteiger partial charge is 0.454 e. The molecule has 0 radical (unpaired) electrons. The number of anilines is 1. The van der Waals surface area contributed by atoms with E-state index in [1.54, 1.807) is 6.07 Å². The molecule has 0 unspecified atom stereocenters. The van der Waals surface area contributed by atoms with Crippen molar-refractivity contribution in [2.45, 2.75) is 26.9 Å². The highest BCUT2D eigenvalue weighted by molar-refractivity contribution is 6.23. The van der Waals surface area contributed by atoms with Gasteiger partial charge in [0.15, 0.2) is 11.5 Å². The van der Waals surface area contributed by atoms with Gasteiger partial charge in [-0.15, -0.1) is 0 Å². The van der Waals surface area contributed by atoms with E-state index in [1.807, 2.05) is 48.9 Å². The Kier molecular flexibility index (Phi) is 5.64. The van der Waals surface area contributed by atoms with Gasteiger partial charge in [-0.3, -0.25) is 24.1 Å². The normalized spacial score (nSPS) is 17.3. The number of piperazine rings is 1. The van der Waals surface area contributed by atoms with Crippen LogP contribution in [0.25, 0.3) is 0 Å². The van der Waals surface area contributed by atoms with Crippen LogP contribution in [-0.4, -0.2) is 70.9 Å². The zero-order chi connectivity index (χ0) is 24.8. The molecule has 36 heavy (non-hydrogen) atoms. The molecular weight excluding hydrogens is 458 g/mol. The molecule has 0 spiro atoms. The van der Waals surface area contributed by atoms with E-state index in [0.29, 0.717) is 24.2 Å². The van der Waals surface area contributed by atoms with Gasteiger partial charge in [0.25, 0.3) is 11.8 Å². The lowest BCUT2D eigenvalue weighted by Gasteiger charge is -2.36. The van der Waals surface area contributed by atoms with Crippen LogP contribution in [0.3, 0.4) is 0 Å². The number of hydrogen-bond acceptors (Lipinski definition) is 7. The van der Waals surface area contributed by atoms with Gasteiger partial charge in [0.2, 0.25) is 6.79 Å². The van der Waals surface area contributed by atoms with Gasteiger partial charge in [-0.25, -0.2) is 0 Å². The lowest BCUT2D eigenvalue weighted by molar-refractivity contribution is 0.0647. The first-order valence-electron chi connectivity index (χ1n) is 12.3. The number of imide groups is 1. The minimum Gasteiger partial charge on any atom is -0.454 e. The second kappa shape index (κ2) is 8.98. The molecule has 9 heteroatoms. The topological polar surface area (TPSA) is 80.1 Å². The number of aryl methyl sites for hydroxylation is 2. The van der Waals surface area contributed by atoms with Gasteiger partial charge in [-0.05, 0) is 49.7 Å². The van der Waals surface area contributed by atoms with Crippen LogP contribution in [0, 0.1) is 13.8 Å². The van der Waals surface area contributed by atoms with Crippen LogP contribution in [0.1, 0.15) is 37.7 Å². The number of carbonyl (C=O) groups excluding carboxylic acids is 2. The zero-order valence-electron chi connectivity index (χ0n) is 20.6. The fourth-order valence-corrected chi connectivity index (χ4v) is 5.32. The molecule has 0 bridgehead atoms. The molecule has 0 atom stereocenters. The van der Waals surface area contributed by atoms with E-state index in [0.717, 1.165) is 61.3 Å². The summed E-state index contributed by atoms with van der Waals surface area (Å²) in [4.78, 5) is 32.5. The van der Waals surface area contributed by atoms with Crippen molar-refractivity contribution in [1.82, 2.24) is 19.6 Å². The number of ether oxygens (including phenoxy) is 2. The van der Waals surface area contributed by atoms with Crippen molar-refractivity contribution in [2.75, 3.05) is 44.4 Å². The second-order valence-corrected chi connectivity index (χ2v) is 9.56. The van der Waals surface area contributed by atoms with Crippen molar-refractivity contribution < 1.29 is 19.1 Å². The van der Waals surface area contributed by atoms with Crippen molar-refractivity contribution in [3.8, 4) is 11.5 Å². The van der Waals surface area contributed by atoms with Crippen LogP contribution in [0.15, 0.2) is 42.5 Å². The Morgan fingerprint density at radius 1 is 0.889 bits per heavy atom. The van der Waals surface area contributed by atoms with Crippen molar-refractivity contribution in [1.29, 1.82) is 0 Å². The molecule has 9 nitrogen and oxygen atoms in total. The lowest BCUT2D eigenvalue weighted by atomic mass is 10.1. The Labute approximate surface area is 209 Å². The first kappa shape index (κ1) is 22.6. The highest BCUT2D eigenvalue weighted by Gasteiger charge is 2.38. The monoisotopic (exact) mass is 487 g/mol. The summed E-state index contributed by atoms with van der Waals surface area (Å²) < 4.78 is 12.8. The number of fused-ring (bicyclic) bond motifs is 2. The minimum atomic E-state index is -0.222. The fourth-order valence-electron chi connectivity index (χ4n) is 5.32. The molecular formula is C27H29N5O4. The summed E-state index contributed by atoms with van der Waals surface area (Å²) >= 11 is 0. The predicted molar refractivity (Wildman–Crippen MR) is 134 cm³/mol. The van der Waals surface area contributed by atoms with Crippen LogP contribution < -0.4 is 14.4 Å². The average Bonchev–Trinajstić information content (AvgIpc) is 3.54. The molecule has 4 heterocycles. The number of benzene rings is 2. The Morgan fingerprint density at radius 3 is 2.47 bits per heavy atom. The molecule has 3 aliphatic rings. The van der Waals surface area contributed by atoms with Gasteiger partial charge >= 0.3 is 0 Å². The molecule has 3 aliphatic heterocycles. The molecule has 0 saturated carbocycles. The highest BCUT2D eigenvalue weighted by atomic mass is 16.7. The first-order chi connectivity index (χ1) is 17.5. The number of nitrogens with zero attached hydrogens (tertiary/aromatic N) is 5. The van der Waals surface area contributed by atoms with Crippen LogP contribution in [0.5, 0.6) is 11.5 Å². The number of carbonyl (C=O) groups is 2. The minimum absolute atomic E-state index is 0.213. The smallest absolute Gasteiger partial charge is 0.263 e. The lowest BCUT2D eigenvalue weighted by Crippen LogP contribution is -2.46. The number of aromatic nitrogens is 2. The molecule has 2 amide bonds. The van der Waals surface area contributed by atoms with Gasteiger partial charge < -0.3 is 14.4 Å². The van der Waals surface area contributed by atoms with E-state index in [4.69, 9.17) is 9.47 Å². The molecule has 3 aromatic rings. The third kappa shape index (κ3) is 3.99. The van der Waals surface area contributed by atoms with Crippen LogP contribution in [0.4, 0.5) is 5.69 Å². The fraction of sp³-hybridized carbons (Fsp3) is 0.370. The molecule has 6 rings (SSSR count). The Hall–Kier alpha value is -3.85. The molecule has 186 valence electrons. The maximum Gasteiger partial charge on any atom is 0.263 e. The maximum absolute atomic E-state index is 13.4. The summed E-state index contributed by atoms with van der Waals surface area (Å²) in [6.07, 6.45) is 0. The van der Waals surface area contributed by atoms with Gasteiger partial charge in [-0.1, -0.05) is 12.1 Å². The van der Waals surface area contributed by atoms with E-state index in [9.17, 15) is 9.59 Å². The molecule has 0 N–H and O–H groups in total. The molecule has 1 saturated heterocycles. The third-order valence-corrected chi connectivity index (χ3v) is 7.17. The summed E-state index contributed by atoms with van der Waals surface area (Å²) in [5.41, 5.74) is 5.00. The van der Waals surface area contributed by atoms with E-state index in [1.165, 1.54) is 10.5 Å². The summed E-state index contributed by atoms with van der Waals surface area (Å²) in [7, 11) is 0. The Bertz CT molecular complexity index is 1340. The molecule has 2 aromatic carbocycles. The van der Waals surface area contributed by atoms with Gasteiger partial charge in [0.1, 0.15) is 0 Å². The van der Waals surface area contributed by atoms with Crippen LogP contribution in [0.2, 0.25) is 0 Å². The predicted octanol–water partition coefficient (Wildman–Crippen LogP) is 2.85. The molecule has 1 fully saturated rings. The van der Waals surface area contributed by atoms with E-state index < -0.39 is 0 Å². The van der Waals surface area contributed by atoms with E-state index in [2.05, 4.69) is 21.0 Å². The Morgan fingerprint density at radius 2 is 1.69 bits per heavy atom. The van der Waals surface area contributed by atoms with E-state index >= 15 is 0 Å². The van der Waals surface area contributed by atoms with Crippen LogP contribution in [-0.2, 0) is 13.1 Å². The van der Waals surface area contributed by atoms with Gasteiger partial charge in [-0.2, -0.15) is 5.10 Å². The van der Waals surface area contributed by atoms with Crippen molar-refractivity contribution in [3.63, 3.8) is 0 Å². The van der Waals surface area contributed by atoms with Crippen LogP contribution >= 0.6 is 0 Å². The summed E-state index contributed by atoms with van der Waals surface area (Å²) in [6.45, 7) is 9.11. The van der Waals surface area contributed by atoms with E-state index in [-0.39, 0.29) is 18.6 Å². The summed E-state index contributed by atoms with van der Waals surface area (Å²) in [5.74, 6) is 1.16. The van der Waals surface area contributed by atoms with Crippen molar-refractivity contribution in [3.05, 3.63) is 70.5 Å². The number of amides is 2. The Balaban J connectivity index is 1.13. The number of hydrogen-bond donors (Lipinski definition) is 0. The second-order valence-electron chi connectivity index (χ2n) is 9.56. The van der Waals surface area contributed by atoms with Crippen molar-refractivity contribution in [2.24, 2.45) is 0 Å². The quantitative estimate of drug-likeness (QED) is 0.495.